The molecule has 0 bridgehead atoms. The molecule has 0 aliphatic heterocycles. The van der Waals surface area contributed by atoms with Crippen molar-refractivity contribution in [2.75, 3.05) is 11.9 Å². The Hall–Kier alpha value is -0.610. The molecule has 0 radical (unpaired) electrons. The number of unbranched alkanes of at least 4 members (excludes halogenated alkanes) is 3. The van der Waals surface area contributed by atoms with E-state index in [1.54, 1.807) is 11.3 Å². The van der Waals surface area contributed by atoms with Crippen molar-refractivity contribution in [1.29, 1.82) is 0 Å². The summed E-state index contributed by atoms with van der Waals surface area (Å²) in [6, 6.07) is 0. The first-order valence-corrected chi connectivity index (χ1v) is 8.38. The van der Waals surface area contributed by atoms with E-state index in [4.69, 9.17) is 4.74 Å². The molecule has 1 unspecified atom stereocenters. The Bertz CT molecular complexity index is 328. The van der Waals surface area contributed by atoms with Crippen molar-refractivity contribution >= 4 is 16.5 Å². The van der Waals surface area contributed by atoms with Crippen molar-refractivity contribution < 1.29 is 4.74 Å². The van der Waals surface area contributed by atoms with Crippen molar-refractivity contribution in [1.82, 2.24) is 4.98 Å². The summed E-state index contributed by atoms with van der Waals surface area (Å²) in [7, 11) is 0. The highest BCUT2D eigenvalue weighted by molar-refractivity contribution is 7.15. The molecule has 19 heavy (non-hydrogen) atoms. The van der Waals surface area contributed by atoms with Gasteiger partial charge in [0.15, 0.2) is 5.13 Å². The fourth-order valence-corrected chi connectivity index (χ4v) is 2.61. The molecule has 1 rings (SSSR count). The third-order valence-corrected chi connectivity index (χ3v) is 3.98. The molecule has 0 fully saturated rings. The molecule has 4 heteroatoms. The van der Waals surface area contributed by atoms with Crippen LogP contribution in [0.5, 0.6) is 0 Å². The molecule has 3 nitrogen and oxygen atoms in total. The van der Waals surface area contributed by atoms with Crippen molar-refractivity contribution in [3.05, 3.63) is 11.1 Å². The number of nitrogens with one attached hydrogen (secondary N) is 1. The van der Waals surface area contributed by atoms with Crippen LogP contribution in [0.25, 0.3) is 0 Å². The molecule has 1 atom stereocenters. The Morgan fingerprint density at radius 3 is 2.84 bits per heavy atom. The minimum atomic E-state index is 0.353. The van der Waals surface area contributed by atoms with E-state index < -0.39 is 0 Å². The second kappa shape index (κ2) is 10.2. The van der Waals surface area contributed by atoms with E-state index in [0.717, 1.165) is 18.1 Å². The lowest BCUT2D eigenvalue weighted by Crippen LogP contribution is -2.07. The van der Waals surface area contributed by atoms with Crippen LogP contribution in [0.3, 0.4) is 0 Å². The summed E-state index contributed by atoms with van der Waals surface area (Å²) in [4.78, 5) is 5.55. The van der Waals surface area contributed by atoms with Crippen LogP contribution in [-0.2, 0) is 11.3 Å². The minimum Gasteiger partial charge on any atom is -0.373 e. The molecule has 0 aliphatic rings. The van der Waals surface area contributed by atoms with Crippen LogP contribution >= 0.6 is 11.3 Å². The van der Waals surface area contributed by atoms with Crippen molar-refractivity contribution in [2.24, 2.45) is 0 Å². The second-order valence-corrected chi connectivity index (χ2v) is 6.14. The lowest BCUT2D eigenvalue weighted by atomic mass is 10.1. The second-order valence-electron chi connectivity index (χ2n) is 5.03. The van der Waals surface area contributed by atoms with Gasteiger partial charge in [-0.25, -0.2) is 4.98 Å². The summed E-state index contributed by atoms with van der Waals surface area (Å²) in [5, 5.41) is 4.31. The van der Waals surface area contributed by atoms with Gasteiger partial charge in [-0.1, -0.05) is 50.9 Å². The molecular formula is C15H28N2OS. The number of ether oxygens (including phenoxy) is 1. The van der Waals surface area contributed by atoms with Crippen LogP contribution in [0.15, 0.2) is 6.20 Å². The Morgan fingerprint density at radius 2 is 2.11 bits per heavy atom. The Morgan fingerprint density at radius 1 is 1.26 bits per heavy atom. The number of nitrogens with zero attached hydrogens (tertiary/aromatic N) is 1. The Kier molecular flexibility index (Phi) is 8.84. The fourth-order valence-electron chi connectivity index (χ4n) is 1.85. The lowest BCUT2D eigenvalue weighted by molar-refractivity contribution is 0.0474. The maximum Gasteiger partial charge on any atom is 0.182 e. The molecular weight excluding hydrogens is 256 g/mol. The zero-order valence-electron chi connectivity index (χ0n) is 12.6. The molecule has 1 N–H and O–H groups in total. The van der Waals surface area contributed by atoms with Gasteiger partial charge in [-0.05, 0) is 19.8 Å². The number of hydrogen-bond donors (Lipinski definition) is 1. The van der Waals surface area contributed by atoms with E-state index in [0.29, 0.717) is 12.7 Å². The zero-order valence-corrected chi connectivity index (χ0v) is 13.4. The fraction of sp³-hybridized carbons (Fsp3) is 0.800. The van der Waals surface area contributed by atoms with Gasteiger partial charge in [0.2, 0.25) is 0 Å². The molecule has 110 valence electrons. The molecule has 0 saturated heterocycles. The summed E-state index contributed by atoms with van der Waals surface area (Å²) in [6.07, 6.45) is 9.81. The third kappa shape index (κ3) is 7.53. The van der Waals surface area contributed by atoms with Gasteiger partial charge < -0.3 is 10.1 Å². The monoisotopic (exact) mass is 284 g/mol. The van der Waals surface area contributed by atoms with Crippen molar-refractivity contribution in [3.63, 3.8) is 0 Å². The average Bonchev–Trinajstić information content (AvgIpc) is 2.87. The van der Waals surface area contributed by atoms with Crippen molar-refractivity contribution in [2.45, 2.75) is 72.0 Å². The quantitative estimate of drug-likeness (QED) is 0.590. The number of aromatic nitrogens is 1. The summed E-state index contributed by atoms with van der Waals surface area (Å²) in [5.41, 5.74) is 0. The van der Waals surface area contributed by atoms with Gasteiger partial charge >= 0.3 is 0 Å². The van der Waals surface area contributed by atoms with Gasteiger partial charge in [0.25, 0.3) is 0 Å². The summed E-state index contributed by atoms with van der Waals surface area (Å²) in [6.45, 7) is 8.25. The van der Waals surface area contributed by atoms with Crippen LogP contribution < -0.4 is 5.32 Å². The molecule has 0 aliphatic carbocycles. The van der Waals surface area contributed by atoms with E-state index in [9.17, 15) is 0 Å². The summed E-state index contributed by atoms with van der Waals surface area (Å²) < 4.78 is 5.87. The van der Waals surface area contributed by atoms with E-state index >= 15 is 0 Å². The highest BCUT2D eigenvalue weighted by atomic mass is 32.1. The molecule has 1 aromatic rings. The summed E-state index contributed by atoms with van der Waals surface area (Å²) >= 11 is 1.70. The zero-order chi connectivity index (χ0) is 13.9. The smallest absolute Gasteiger partial charge is 0.182 e. The van der Waals surface area contributed by atoms with E-state index in [1.165, 1.54) is 37.0 Å². The molecule has 0 amide bonds. The molecule has 1 aromatic heterocycles. The van der Waals surface area contributed by atoms with Gasteiger partial charge in [0.05, 0.1) is 17.6 Å². The Balaban J connectivity index is 2.15. The lowest BCUT2D eigenvalue weighted by Gasteiger charge is -2.11. The molecule has 0 aromatic carbocycles. The highest BCUT2D eigenvalue weighted by Gasteiger charge is 2.05. The minimum absolute atomic E-state index is 0.353. The first-order chi connectivity index (χ1) is 9.26. The van der Waals surface area contributed by atoms with Crippen molar-refractivity contribution in [3.8, 4) is 0 Å². The number of hydrogen-bond acceptors (Lipinski definition) is 4. The van der Waals surface area contributed by atoms with Crippen LogP contribution in [0.2, 0.25) is 0 Å². The van der Waals surface area contributed by atoms with Crippen LogP contribution in [-0.4, -0.2) is 17.6 Å². The first kappa shape index (κ1) is 16.4. The predicted octanol–water partition coefficient (Wildman–Crippen LogP) is 4.84. The number of thiazole rings is 1. The summed E-state index contributed by atoms with van der Waals surface area (Å²) in [5.74, 6) is 0. The van der Waals surface area contributed by atoms with E-state index in [1.807, 2.05) is 6.20 Å². The standard InChI is InChI=1S/C15H28N2OS/c1-4-6-7-8-9-13(3)18-12-14-11-17-15(19-14)16-10-5-2/h11,13H,4-10,12H2,1-3H3,(H,16,17). The van der Waals surface area contributed by atoms with Gasteiger partial charge in [0, 0.05) is 12.7 Å². The first-order valence-electron chi connectivity index (χ1n) is 7.56. The maximum atomic E-state index is 5.87. The normalized spacial score (nSPS) is 12.6. The van der Waals surface area contributed by atoms with E-state index in [2.05, 4.69) is 31.1 Å². The molecule has 0 spiro atoms. The van der Waals surface area contributed by atoms with Crippen LogP contribution in [0.1, 0.15) is 64.2 Å². The number of rotatable bonds is 11. The number of anilines is 1. The maximum absolute atomic E-state index is 5.87. The average molecular weight is 284 g/mol. The van der Waals surface area contributed by atoms with Crippen LogP contribution in [0, 0.1) is 0 Å². The molecule has 1 heterocycles. The Labute approximate surface area is 121 Å². The topological polar surface area (TPSA) is 34.1 Å². The van der Waals surface area contributed by atoms with Gasteiger partial charge in [-0.3, -0.25) is 0 Å². The van der Waals surface area contributed by atoms with Gasteiger partial charge in [-0.15, -0.1) is 0 Å². The van der Waals surface area contributed by atoms with E-state index in [-0.39, 0.29) is 0 Å². The largest absolute Gasteiger partial charge is 0.373 e. The van der Waals surface area contributed by atoms with Crippen LogP contribution in [0.4, 0.5) is 5.13 Å². The molecule has 0 saturated carbocycles. The SMILES string of the molecule is CCCCCCC(C)OCc1cnc(NCCC)s1. The predicted molar refractivity (Wildman–Crippen MR) is 83.9 cm³/mol. The third-order valence-electron chi connectivity index (χ3n) is 3.05. The highest BCUT2D eigenvalue weighted by Crippen LogP contribution is 2.20. The van der Waals surface area contributed by atoms with Gasteiger partial charge in [0.1, 0.15) is 0 Å². The van der Waals surface area contributed by atoms with Gasteiger partial charge in [-0.2, -0.15) is 0 Å².